The Balaban J connectivity index is 2.06. The molecule has 0 aliphatic carbocycles. The fourth-order valence-corrected chi connectivity index (χ4v) is 3.33. The molecule has 1 aliphatic rings. The van der Waals surface area contributed by atoms with E-state index in [2.05, 4.69) is 5.32 Å². The number of rotatable bonds is 4. The van der Waals surface area contributed by atoms with Crippen molar-refractivity contribution in [2.24, 2.45) is 0 Å². The summed E-state index contributed by atoms with van der Waals surface area (Å²) >= 11 is 0. The summed E-state index contributed by atoms with van der Waals surface area (Å²) < 4.78 is 11.3. The molecule has 0 spiro atoms. The lowest BCUT2D eigenvalue weighted by atomic mass is 10.0. The number of amides is 2. The second kappa shape index (κ2) is 7.21. The average molecular weight is 310 g/mol. The Hall–Kier alpha value is -1.89. The summed E-state index contributed by atoms with van der Waals surface area (Å²) in [5.41, 5.74) is 0.894. The Labute approximate surface area is 125 Å². The van der Waals surface area contributed by atoms with Crippen molar-refractivity contribution in [1.29, 1.82) is 0 Å². The lowest BCUT2D eigenvalue weighted by Crippen LogP contribution is -2.52. The third-order valence-corrected chi connectivity index (χ3v) is 4.64. The summed E-state index contributed by atoms with van der Waals surface area (Å²) in [5, 5.41) is 11.2. The maximum atomic E-state index is 12.4. The van der Waals surface area contributed by atoms with Crippen LogP contribution >= 0.6 is 0 Å². The van der Waals surface area contributed by atoms with Crippen molar-refractivity contribution in [2.45, 2.75) is 12.5 Å². The maximum Gasteiger partial charge on any atom is 0.405 e. The third-order valence-electron chi connectivity index (χ3n) is 3.37. The molecule has 1 aromatic rings. The van der Waals surface area contributed by atoms with Gasteiger partial charge in [0, 0.05) is 41.8 Å². The monoisotopic (exact) mass is 310 g/mol. The van der Waals surface area contributed by atoms with Crippen LogP contribution in [-0.4, -0.2) is 56.9 Å². The van der Waals surface area contributed by atoms with Gasteiger partial charge in [0.1, 0.15) is 6.04 Å². The predicted octanol–water partition coefficient (Wildman–Crippen LogP) is 0.456. The number of carbonyl (C=O) groups is 2. The Bertz CT molecular complexity index is 525. The molecule has 1 aliphatic heterocycles. The van der Waals surface area contributed by atoms with Crippen LogP contribution in [0.15, 0.2) is 30.3 Å². The van der Waals surface area contributed by atoms with Crippen molar-refractivity contribution in [1.82, 2.24) is 10.2 Å². The van der Waals surface area contributed by atoms with Crippen LogP contribution in [0, 0.1) is 0 Å². The van der Waals surface area contributed by atoms with Crippen LogP contribution in [0.2, 0.25) is 0 Å². The molecule has 1 heterocycles. The van der Waals surface area contributed by atoms with Gasteiger partial charge in [-0.3, -0.25) is 9.00 Å². The minimum absolute atomic E-state index is 0.252. The highest BCUT2D eigenvalue weighted by atomic mass is 32.2. The van der Waals surface area contributed by atoms with Gasteiger partial charge in [-0.25, -0.2) is 4.79 Å². The number of nitrogens with zero attached hydrogens (tertiary/aromatic N) is 1. The highest BCUT2D eigenvalue weighted by Gasteiger charge is 2.28. The van der Waals surface area contributed by atoms with Crippen molar-refractivity contribution in [3.05, 3.63) is 35.9 Å². The highest BCUT2D eigenvalue weighted by Crippen LogP contribution is 2.08. The fourth-order valence-electron chi connectivity index (χ4n) is 2.28. The van der Waals surface area contributed by atoms with Crippen LogP contribution in [0.3, 0.4) is 0 Å². The number of benzene rings is 1. The van der Waals surface area contributed by atoms with Crippen LogP contribution in [0.5, 0.6) is 0 Å². The van der Waals surface area contributed by atoms with Gasteiger partial charge < -0.3 is 15.3 Å². The Morgan fingerprint density at radius 3 is 2.43 bits per heavy atom. The van der Waals surface area contributed by atoms with E-state index in [1.165, 1.54) is 0 Å². The maximum absolute atomic E-state index is 12.4. The number of carbonyl (C=O) groups excluding carboxylic acids is 1. The first-order valence-electron chi connectivity index (χ1n) is 6.73. The van der Waals surface area contributed by atoms with E-state index in [1.54, 1.807) is 4.90 Å². The van der Waals surface area contributed by atoms with Gasteiger partial charge >= 0.3 is 6.09 Å². The molecule has 2 amide bonds. The van der Waals surface area contributed by atoms with Crippen LogP contribution in [-0.2, 0) is 22.0 Å². The molecule has 1 fully saturated rings. The smallest absolute Gasteiger partial charge is 0.405 e. The predicted molar refractivity (Wildman–Crippen MR) is 79.6 cm³/mol. The standard InChI is InChI=1S/C14H18N2O4S/c17-13(16-6-8-21(20)9-7-16)12(15-14(18)19)10-11-4-2-1-3-5-11/h1-5,12,15H,6-10H2,(H,18,19)/t12-/m0/s1. The van der Waals surface area contributed by atoms with E-state index in [1.807, 2.05) is 30.3 Å². The average Bonchev–Trinajstić information content (AvgIpc) is 2.47. The van der Waals surface area contributed by atoms with Crippen LogP contribution in [0.25, 0.3) is 0 Å². The van der Waals surface area contributed by atoms with Crippen molar-refractivity contribution in [3.8, 4) is 0 Å². The summed E-state index contributed by atoms with van der Waals surface area (Å²) in [6.45, 7) is 0.829. The molecule has 2 N–H and O–H groups in total. The van der Waals surface area contributed by atoms with Gasteiger partial charge in [0.05, 0.1) is 0 Å². The second-order valence-electron chi connectivity index (χ2n) is 4.87. The topological polar surface area (TPSA) is 86.7 Å². The van der Waals surface area contributed by atoms with Crippen molar-refractivity contribution in [2.75, 3.05) is 24.6 Å². The van der Waals surface area contributed by atoms with Gasteiger partial charge in [-0.05, 0) is 5.56 Å². The molecule has 114 valence electrons. The van der Waals surface area contributed by atoms with E-state index in [9.17, 15) is 13.8 Å². The molecule has 7 heteroatoms. The molecule has 0 radical (unpaired) electrons. The summed E-state index contributed by atoms with van der Waals surface area (Å²) in [5.74, 6) is 0.659. The zero-order chi connectivity index (χ0) is 15.2. The minimum atomic E-state index is -1.22. The second-order valence-corrected chi connectivity index (χ2v) is 6.56. The molecular formula is C14H18N2O4S. The SMILES string of the molecule is O=C(O)N[C@@H](Cc1ccccc1)C(=O)N1CCS(=O)CC1. The quantitative estimate of drug-likeness (QED) is 0.846. The van der Waals surface area contributed by atoms with E-state index < -0.39 is 22.9 Å². The number of hydrogen-bond donors (Lipinski definition) is 2. The normalized spacial score (nSPS) is 17.2. The molecule has 21 heavy (non-hydrogen) atoms. The summed E-state index contributed by atoms with van der Waals surface area (Å²) in [7, 11) is -0.870. The van der Waals surface area contributed by atoms with E-state index in [4.69, 9.17) is 5.11 Å². The van der Waals surface area contributed by atoms with Crippen molar-refractivity contribution >= 4 is 22.8 Å². The Kier molecular flexibility index (Phi) is 5.32. The first kappa shape index (κ1) is 15.5. The van der Waals surface area contributed by atoms with Gasteiger partial charge in [0.15, 0.2) is 0 Å². The first-order valence-corrected chi connectivity index (χ1v) is 8.22. The number of hydrogen-bond acceptors (Lipinski definition) is 3. The van der Waals surface area contributed by atoms with Gasteiger partial charge in [-0.1, -0.05) is 30.3 Å². The molecule has 0 saturated carbocycles. The summed E-state index contributed by atoms with van der Waals surface area (Å²) in [6.07, 6.45) is -0.907. The summed E-state index contributed by atoms with van der Waals surface area (Å²) in [6, 6.07) is 8.47. The zero-order valence-electron chi connectivity index (χ0n) is 11.5. The molecule has 1 aromatic carbocycles. The van der Waals surface area contributed by atoms with Gasteiger partial charge in [-0.15, -0.1) is 0 Å². The van der Waals surface area contributed by atoms with Crippen molar-refractivity contribution in [3.63, 3.8) is 0 Å². The first-order chi connectivity index (χ1) is 10.1. The molecule has 2 rings (SSSR count). The molecule has 6 nitrogen and oxygen atoms in total. The fraction of sp³-hybridized carbons (Fsp3) is 0.429. The lowest BCUT2D eigenvalue weighted by molar-refractivity contribution is -0.132. The molecule has 1 atom stereocenters. The Morgan fingerprint density at radius 1 is 1.24 bits per heavy atom. The zero-order valence-corrected chi connectivity index (χ0v) is 12.3. The van der Waals surface area contributed by atoms with Gasteiger partial charge in [0.2, 0.25) is 5.91 Å². The third kappa shape index (κ3) is 4.56. The van der Waals surface area contributed by atoms with E-state index in [0.29, 0.717) is 31.0 Å². The number of nitrogens with one attached hydrogen (secondary N) is 1. The van der Waals surface area contributed by atoms with E-state index in [0.717, 1.165) is 5.56 Å². The largest absolute Gasteiger partial charge is 0.465 e. The molecule has 0 bridgehead atoms. The van der Waals surface area contributed by atoms with Crippen LogP contribution < -0.4 is 5.32 Å². The minimum Gasteiger partial charge on any atom is -0.465 e. The lowest BCUT2D eigenvalue weighted by Gasteiger charge is -2.30. The summed E-state index contributed by atoms with van der Waals surface area (Å²) in [4.78, 5) is 24.9. The molecular weight excluding hydrogens is 292 g/mol. The number of carboxylic acid groups (broad SMARTS) is 1. The highest BCUT2D eigenvalue weighted by molar-refractivity contribution is 7.85. The van der Waals surface area contributed by atoms with E-state index in [-0.39, 0.29) is 5.91 Å². The van der Waals surface area contributed by atoms with Crippen LogP contribution in [0.4, 0.5) is 4.79 Å². The van der Waals surface area contributed by atoms with Gasteiger partial charge in [0.25, 0.3) is 0 Å². The molecule has 0 unspecified atom stereocenters. The Morgan fingerprint density at radius 2 is 1.86 bits per heavy atom. The van der Waals surface area contributed by atoms with Gasteiger partial charge in [-0.2, -0.15) is 0 Å². The van der Waals surface area contributed by atoms with Crippen molar-refractivity contribution < 1.29 is 18.9 Å². The molecule has 1 saturated heterocycles. The van der Waals surface area contributed by atoms with E-state index >= 15 is 0 Å². The van der Waals surface area contributed by atoms with Crippen LogP contribution in [0.1, 0.15) is 5.56 Å². The molecule has 0 aromatic heterocycles.